The second-order valence-corrected chi connectivity index (χ2v) is 5.30. The first-order valence-electron chi connectivity index (χ1n) is 3.64. The van der Waals surface area contributed by atoms with Gasteiger partial charge in [0.15, 0.2) is 0 Å². The number of carbonyl (C=O) groups excluding carboxylic acids is 1. The molecule has 2 aliphatic rings. The Kier molecular flexibility index (Phi) is 1.96. The van der Waals surface area contributed by atoms with Gasteiger partial charge in [0, 0.05) is 23.2 Å². The molecule has 1 heterocycles. The zero-order chi connectivity index (χ0) is 6.97. The highest BCUT2D eigenvalue weighted by Gasteiger charge is 2.37. The largest absolute Gasteiger partial charge is 0.298 e. The number of hydrogen-bond acceptors (Lipinski definition) is 3. The number of Topliss-reactive ketones (excluding diaryl/α,β-unsaturated/α-hetero) is 1. The van der Waals surface area contributed by atoms with Crippen LogP contribution in [0.4, 0.5) is 0 Å². The van der Waals surface area contributed by atoms with E-state index in [2.05, 4.69) is 0 Å². The van der Waals surface area contributed by atoms with Crippen molar-refractivity contribution in [3.63, 3.8) is 0 Å². The lowest BCUT2D eigenvalue weighted by Gasteiger charge is -2.22. The number of ketones is 1. The van der Waals surface area contributed by atoms with Crippen LogP contribution in [0.3, 0.4) is 0 Å². The molecule has 1 saturated carbocycles. The van der Waals surface area contributed by atoms with E-state index in [4.69, 9.17) is 0 Å². The summed E-state index contributed by atoms with van der Waals surface area (Å²) in [7, 11) is 0. The Hall–Kier alpha value is 0.370. The number of hydrogen-bond donors (Lipinski definition) is 0. The molecule has 3 heteroatoms. The Bertz CT molecular complexity index is 158. The summed E-state index contributed by atoms with van der Waals surface area (Å²) in [6.07, 6.45) is 1.98. The van der Waals surface area contributed by atoms with Crippen LogP contribution in [0.2, 0.25) is 0 Å². The monoisotopic (exact) mass is 174 g/mol. The maximum Gasteiger partial charge on any atom is 0.146 e. The van der Waals surface area contributed by atoms with Gasteiger partial charge in [-0.2, -0.15) is 11.8 Å². The zero-order valence-corrected chi connectivity index (χ0v) is 7.34. The third kappa shape index (κ3) is 1.10. The van der Waals surface area contributed by atoms with Crippen molar-refractivity contribution < 1.29 is 4.79 Å². The third-order valence-electron chi connectivity index (χ3n) is 2.04. The highest BCUT2D eigenvalue weighted by atomic mass is 32.2. The Labute approximate surface area is 69.3 Å². The SMILES string of the molecule is O=C1CC[C@H]2SCCS[C@@H]12. The summed E-state index contributed by atoms with van der Waals surface area (Å²) < 4.78 is 0. The van der Waals surface area contributed by atoms with Crippen molar-refractivity contribution in [3.05, 3.63) is 0 Å². The van der Waals surface area contributed by atoms with E-state index in [0.717, 1.165) is 12.8 Å². The minimum Gasteiger partial charge on any atom is -0.298 e. The molecule has 0 aromatic carbocycles. The predicted octanol–water partition coefficient (Wildman–Crippen LogP) is 1.57. The van der Waals surface area contributed by atoms with Gasteiger partial charge >= 0.3 is 0 Å². The van der Waals surface area contributed by atoms with Gasteiger partial charge in [0.25, 0.3) is 0 Å². The number of thioether (sulfide) groups is 2. The van der Waals surface area contributed by atoms with E-state index in [0.29, 0.717) is 16.3 Å². The number of rotatable bonds is 0. The van der Waals surface area contributed by atoms with Crippen molar-refractivity contribution in [3.8, 4) is 0 Å². The average Bonchev–Trinajstić information content (AvgIpc) is 2.34. The second-order valence-electron chi connectivity index (χ2n) is 2.71. The summed E-state index contributed by atoms with van der Waals surface area (Å²) in [5.41, 5.74) is 0. The van der Waals surface area contributed by atoms with Crippen LogP contribution in [0, 0.1) is 0 Å². The van der Waals surface area contributed by atoms with E-state index in [-0.39, 0.29) is 0 Å². The number of fused-ring (bicyclic) bond motifs is 1. The molecule has 0 spiro atoms. The highest BCUT2D eigenvalue weighted by Crippen LogP contribution is 2.39. The van der Waals surface area contributed by atoms with Gasteiger partial charge < -0.3 is 0 Å². The average molecular weight is 174 g/mol. The molecule has 0 aromatic heterocycles. The lowest BCUT2D eigenvalue weighted by molar-refractivity contribution is -0.116. The summed E-state index contributed by atoms with van der Waals surface area (Å²) in [5.74, 6) is 2.93. The van der Waals surface area contributed by atoms with Crippen molar-refractivity contribution in [1.82, 2.24) is 0 Å². The molecule has 56 valence electrons. The Morgan fingerprint density at radius 3 is 2.90 bits per heavy atom. The van der Waals surface area contributed by atoms with Gasteiger partial charge in [0.2, 0.25) is 0 Å². The fourth-order valence-corrected chi connectivity index (χ4v) is 4.59. The first kappa shape index (κ1) is 7.04. The zero-order valence-electron chi connectivity index (χ0n) is 5.71. The smallest absolute Gasteiger partial charge is 0.146 e. The van der Waals surface area contributed by atoms with Gasteiger partial charge in [-0.15, -0.1) is 11.8 Å². The molecule has 0 bridgehead atoms. The normalized spacial score (nSPS) is 39.8. The molecule has 2 fully saturated rings. The van der Waals surface area contributed by atoms with Crippen LogP contribution in [0.25, 0.3) is 0 Å². The van der Waals surface area contributed by atoms with Gasteiger partial charge in [-0.1, -0.05) is 0 Å². The van der Waals surface area contributed by atoms with Gasteiger partial charge in [-0.25, -0.2) is 0 Å². The predicted molar refractivity (Wildman–Crippen MR) is 46.7 cm³/mol. The van der Waals surface area contributed by atoms with Crippen LogP contribution in [0.1, 0.15) is 12.8 Å². The van der Waals surface area contributed by atoms with E-state index in [1.54, 1.807) is 0 Å². The molecule has 0 radical (unpaired) electrons. The summed E-state index contributed by atoms with van der Waals surface area (Å²) >= 11 is 3.87. The molecule has 1 saturated heterocycles. The number of carbonyl (C=O) groups is 1. The van der Waals surface area contributed by atoms with Gasteiger partial charge in [0.1, 0.15) is 5.78 Å². The molecule has 0 amide bonds. The molecule has 0 aromatic rings. The minimum atomic E-state index is 0.374. The first-order chi connectivity index (χ1) is 4.88. The van der Waals surface area contributed by atoms with E-state index in [9.17, 15) is 4.79 Å². The molecule has 1 aliphatic carbocycles. The fraction of sp³-hybridized carbons (Fsp3) is 0.857. The van der Waals surface area contributed by atoms with Crippen LogP contribution in [0.15, 0.2) is 0 Å². The lowest BCUT2D eigenvalue weighted by atomic mass is 10.3. The van der Waals surface area contributed by atoms with Crippen LogP contribution in [-0.4, -0.2) is 27.8 Å². The van der Waals surface area contributed by atoms with Crippen molar-refractivity contribution in [2.24, 2.45) is 0 Å². The topological polar surface area (TPSA) is 17.1 Å². The fourth-order valence-electron chi connectivity index (χ4n) is 1.53. The molecular weight excluding hydrogens is 164 g/mol. The van der Waals surface area contributed by atoms with Crippen molar-refractivity contribution in [2.45, 2.75) is 23.3 Å². The van der Waals surface area contributed by atoms with E-state index >= 15 is 0 Å². The summed E-state index contributed by atoms with van der Waals surface area (Å²) in [5, 5.41) is 1.05. The highest BCUT2D eigenvalue weighted by molar-refractivity contribution is 8.07. The third-order valence-corrected chi connectivity index (χ3v) is 5.24. The van der Waals surface area contributed by atoms with Crippen molar-refractivity contribution >= 4 is 29.3 Å². The van der Waals surface area contributed by atoms with Crippen molar-refractivity contribution in [2.75, 3.05) is 11.5 Å². The van der Waals surface area contributed by atoms with E-state index < -0.39 is 0 Å². The minimum absolute atomic E-state index is 0.374. The van der Waals surface area contributed by atoms with Crippen molar-refractivity contribution in [1.29, 1.82) is 0 Å². The van der Waals surface area contributed by atoms with E-state index in [1.807, 2.05) is 23.5 Å². The van der Waals surface area contributed by atoms with Crippen LogP contribution < -0.4 is 0 Å². The molecule has 10 heavy (non-hydrogen) atoms. The first-order valence-corrected chi connectivity index (χ1v) is 5.73. The lowest BCUT2D eigenvalue weighted by Crippen LogP contribution is -2.24. The molecule has 2 rings (SSSR count). The molecule has 1 aliphatic heterocycles. The second kappa shape index (κ2) is 2.78. The molecule has 1 nitrogen and oxygen atoms in total. The molecule has 0 unspecified atom stereocenters. The molecular formula is C7H10OS2. The maximum absolute atomic E-state index is 11.2. The molecule has 2 atom stereocenters. The maximum atomic E-state index is 11.2. The summed E-state index contributed by atoms with van der Waals surface area (Å²) in [6.45, 7) is 0. The van der Waals surface area contributed by atoms with Crippen LogP contribution in [0.5, 0.6) is 0 Å². The quantitative estimate of drug-likeness (QED) is 0.555. The Morgan fingerprint density at radius 2 is 2.10 bits per heavy atom. The molecule has 0 N–H and O–H groups in total. The summed E-state index contributed by atoms with van der Waals surface area (Å²) in [6, 6.07) is 0. The van der Waals surface area contributed by atoms with Gasteiger partial charge in [-0.05, 0) is 6.42 Å². The van der Waals surface area contributed by atoms with Gasteiger partial charge in [-0.3, -0.25) is 4.79 Å². The van der Waals surface area contributed by atoms with E-state index in [1.165, 1.54) is 11.5 Å². The Morgan fingerprint density at radius 1 is 1.30 bits per heavy atom. The van der Waals surface area contributed by atoms with Crippen LogP contribution in [-0.2, 0) is 4.79 Å². The summed E-state index contributed by atoms with van der Waals surface area (Å²) in [4.78, 5) is 11.2. The van der Waals surface area contributed by atoms with Gasteiger partial charge in [0.05, 0.1) is 5.25 Å². The van der Waals surface area contributed by atoms with Crippen LogP contribution >= 0.6 is 23.5 Å². The Balaban J connectivity index is 2.08. The standard InChI is InChI=1S/C7H10OS2/c8-5-1-2-6-7(5)10-4-3-9-6/h6-7H,1-4H2/t6-,7+/m1/s1.